The monoisotopic (exact) mass is 351 g/mol. The molecule has 108 valence electrons. The summed E-state index contributed by atoms with van der Waals surface area (Å²) in [6, 6.07) is 16.0. The molecule has 1 aliphatic carbocycles. The summed E-state index contributed by atoms with van der Waals surface area (Å²) in [6.45, 7) is 0. The Kier molecular flexibility index (Phi) is 3.23. The van der Waals surface area contributed by atoms with Crippen LogP contribution in [0.3, 0.4) is 0 Å². The van der Waals surface area contributed by atoms with Gasteiger partial charge < -0.3 is 5.11 Å². The number of hydrogen-bond acceptors (Lipinski definition) is 2. The molecule has 22 heavy (non-hydrogen) atoms. The maximum Gasteiger partial charge on any atom is 0.124 e. The van der Waals surface area contributed by atoms with Crippen LogP contribution in [0, 0.1) is 0 Å². The quantitative estimate of drug-likeness (QED) is 0.635. The first-order chi connectivity index (χ1) is 10.7. The van der Waals surface area contributed by atoms with E-state index in [4.69, 9.17) is 0 Å². The fraction of sp³-hybridized carbons (Fsp3) is 0.105. The number of nitrogens with zero attached hydrogens (tertiary/aromatic N) is 1. The van der Waals surface area contributed by atoms with Crippen LogP contribution in [0.5, 0.6) is 5.75 Å². The van der Waals surface area contributed by atoms with Gasteiger partial charge in [0.25, 0.3) is 0 Å². The van der Waals surface area contributed by atoms with Gasteiger partial charge in [0, 0.05) is 21.6 Å². The second-order valence-electron chi connectivity index (χ2n) is 5.54. The Morgan fingerprint density at radius 1 is 1.00 bits per heavy atom. The first kappa shape index (κ1) is 13.5. The van der Waals surface area contributed by atoms with Crippen LogP contribution in [-0.4, -0.2) is 11.3 Å². The van der Waals surface area contributed by atoms with E-state index in [1.54, 1.807) is 12.3 Å². The largest absolute Gasteiger partial charge is 0.507 e. The molecule has 3 aromatic rings. The molecule has 0 heterocycles. The number of halogens is 1. The van der Waals surface area contributed by atoms with E-state index >= 15 is 0 Å². The molecule has 4 rings (SSSR count). The zero-order valence-electron chi connectivity index (χ0n) is 11.9. The summed E-state index contributed by atoms with van der Waals surface area (Å²) in [4.78, 5) is 4.61. The summed E-state index contributed by atoms with van der Waals surface area (Å²) in [5.74, 6) is 0.234. The summed E-state index contributed by atoms with van der Waals surface area (Å²) in [5, 5.41) is 12.5. The van der Waals surface area contributed by atoms with E-state index < -0.39 is 0 Å². The van der Waals surface area contributed by atoms with Crippen LogP contribution in [0.2, 0.25) is 0 Å². The van der Waals surface area contributed by atoms with Gasteiger partial charge in [-0.05, 0) is 53.6 Å². The molecule has 0 amide bonds. The van der Waals surface area contributed by atoms with Gasteiger partial charge in [-0.1, -0.05) is 40.2 Å². The predicted octanol–water partition coefficient (Wildman–Crippen LogP) is 5.16. The van der Waals surface area contributed by atoms with Crippen LogP contribution >= 0.6 is 15.9 Å². The normalized spacial score (nSPS) is 13.3. The van der Waals surface area contributed by atoms with Crippen molar-refractivity contribution in [3.05, 3.63) is 69.7 Å². The maximum absolute atomic E-state index is 9.91. The highest BCUT2D eigenvalue weighted by atomic mass is 79.9. The molecule has 2 nitrogen and oxygen atoms in total. The lowest BCUT2D eigenvalue weighted by molar-refractivity contribution is 0.474. The van der Waals surface area contributed by atoms with E-state index in [0.29, 0.717) is 5.56 Å². The SMILES string of the molecule is Oc1ccc(Br)cc1C=Nc1ccc2c3c(cccc13)CC2. The summed E-state index contributed by atoms with van der Waals surface area (Å²) < 4.78 is 0.923. The fourth-order valence-electron chi connectivity index (χ4n) is 3.11. The predicted molar refractivity (Wildman–Crippen MR) is 94.4 cm³/mol. The van der Waals surface area contributed by atoms with Gasteiger partial charge in [-0.15, -0.1) is 0 Å². The molecule has 1 aliphatic rings. The molecule has 0 aliphatic heterocycles. The summed E-state index contributed by atoms with van der Waals surface area (Å²) in [5.41, 5.74) is 4.48. The molecule has 0 bridgehead atoms. The van der Waals surface area contributed by atoms with Crippen LogP contribution < -0.4 is 0 Å². The molecule has 3 aromatic carbocycles. The number of aryl methyl sites for hydroxylation is 2. The lowest BCUT2D eigenvalue weighted by Gasteiger charge is -2.05. The van der Waals surface area contributed by atoms with Gasteiger partial charge in [0.15, 0.2) is 0 Å². The first-order valence-electron chi connectivity index (χ1n) is 7.28. The second kappa shape index (κ2) is 5.25. The van der Waals surface area contributed by atoms with Crippen LogP contribution in [0.15, 0.2) is 58.0 Å². The van der Waals surface area contributed by atoms with Gasteiger partial charge >= 0.3 is 0 Å². The average Bonchev–Trinajstić information content (AvgIpc) is 2.95. The summed E-state index contributed by atoms with van der Waals surface area (Å²) in [6.07, 6.45) is 3.96. The molecule has 0 aromatic heterocycles. The van der Waals surface area contributed by atoms with Crippen LogP contribution in [0.1, 0.15) is 16.7 Å². The standard InChI is InChI=1S/C19H14BrNO/c20-15-7-9-18(22)14(10-15)11-21-17-8-6-13-5-4-12-2-1-3-16(17)19(12)13/h1-3,6-11,22H,4-5H2. The van der Waals surface area contributed by atoms with Crippen LogP contribution in [0.4, 0.5) is 5.69 Å². The van der Waals surface area contributed by atoms with Crippen molar-refractivity contribution < 1.29 is 5.11 Å². The van der Waals surface area contributed by atoms with Crippen molar-refractivity contribution in [1.29, 1.82) is 0 Å². The van der Waals surface area contributed by atoms with Gasteiger partial charge in [-0.25, -0.2) is 0 Å². The Balaban J connectivity index is 1.83. The molecule has 0 radical (unpaired) electrons. The second-order valence-corrected chi connectivity index (χ2v) is 6.46. The van der Waals surface area contributed by atoms with Gasteiger partial charge in [-0.3, -0.25) is 4.99 Å². The highest BCUT2D eigenvalue weighted by Gasteiger charge is 2.15. The molecule has 0 fully saturated rings. The van der Waals surface area contributed by atoms with Crippen molar-refractivity contribution >= 4 is 38.6 Å². The fourth-order valence-corrected chi connectivity index (χ4v) is 3.49. The van der Waals surface area contributed by atoms with Crippen molar-refractivity contribution in [1.82, 2.24) is 0 Å². The van der Waals surface area contributed by atoms with Crippen molar-refractivity contribution in [3.63, 3.8) is 0 Å². The van der Waals surface area contributed by atoms with Gasteiger partial charge in [0.05, 0.1) is 5.69 Å². The minimum atomic E-state index is 0.234. The number of hydrogen-bond donors (Lipinski definition) is 1. The Hall–Kier alpha value is -2.13. The van der Waals surface area contributed by atoms with E-state index in [9.17, 15) is 5.11 Å². The third-order valence-electron chi connectivity index (χ3n) is 4.19. The van der Waals surface area contributed by atoms with E-state index in [1.165, 1.54) is 21.9 Å². The van der Waals surface area contributed by atoms with E-state index in [1.807, 2.05) is 12.1 Å². The maximum atomic E-state index is 9.91. The molecule has 0 unspecified atom stereocenters. The number of aromatic hydroxyl groups is 1. The topological polar surface area (TPSA) is 32.6 Å². The number of aliphatic imine (C=N–C) groups is 1. The summed E-state index contributed by atoms with van der Waals surface area (Å²) >= 11 is 3.42. The van der Waals surface area contributed by atoms with E-state index in [0.717, 1.165) is 23.0 Å². The van der Waals surface area contributed by atoms with E-state index in [-0.39, 0.29) is 5.75 Å². The van der Waals surface area contributed by atoms with Gasteiger partial charge in [0.1, 0.15) is 5.75 Å². The molecule has 3 heteroatoms. The third-order valence-corrected chi connectivity index (χ3v) is 4.68. The minimum Gasteiger partial charge on any atom is -0.507 e. The molecular formula is C19H14BrNO. The zero-order chi connectivity index (χ0) is 15.1. The molecule has 0 saturated carbocycles. The number of benzene rings is 3. The smallest absolute Gasteiger partial charge is 0.124 e. The molecule has 0 spiro atoms. The molecular weight excluding hydrogens is 338 g/mol. The lowest BCUT2D eigenvalue weighted by Crippen LogP contribution is -1.84. The molecule has 0 atom stereocenters. The van der Waals surface area contributed by atoms with Gasteiger partial charge in [-0.2, -0.15) is 0 Å². The van der Waals surface area contributed by atoms with Crippen molar-refractivity contribution in [2.24, 2.45) is 4.99 Å². The first-order valence-corrected chi connectivity index (χ1v) is 8.08. The highest BCUT2D eigenvalue weighted by molar-refractivity contribution is 9.10. The van der Waals surface area contributed by atoms with Crippen LogP contribution in [-0.2, 0) is 12.8 Å². The summed E-state index contributed by atoms with van der Waals surface area (Å²) in [7, 11) is 0. The Labute approximate surface area is 137 Å². The average molecular weight is 352 g/mol. The molecule has 0 saturated heterocycles. The highest BCUT2D eigenvalue weighted by Crippen LogP contribution is 2.36. The Morgan fingerprint density at radius 3 is 2.68 bits per heavy atom. The Bertz CT molecular complexity index is 904. The van der Waals surface area contributed by atoms with Crippen LogP contribution in [0.25, 0.3) is 10.8 Å². The minimum absolute atomic E-state index is 0.234. The lowest BCUT2D eigenvalue weighted by atomic mass is 10.0. The van der Waals surface area contributed by atoms with Crippen molar-refractivity contribution in [2.75, 3.05) is 0 Å². The third kappa shape index (κ3) is 2.22. The number of phenolic OH excluding ortho intramolecular Hbond substituents is 1. The molecule has 1 N–H and O–H groups in total. The van der Waals surface area contributed by atoms with Gasteiger partial charge in [0.2, 0.25) is 0 Å². The van der Waals surface area contributed by atoms with Crippen molar-refractivity contribution in [3.8, 4) is 5.75 Å². The van der Waals surface area contributed by atoms with Crippen molar-refractivity contribution in [2.45, 2.75) is 12.8 Å². The zero-order valence-corrected chi connectivity index (χ0v) is 13.5. The van der Waals surface area contributed by atoms with E-state index in [2.05, 4.69) is 51.3 Å². The number of rotatable bonds is 2. The number of phenols is 1. The Morgan fingerprint density at radius 2 is 1.82 bits per heavy atom.